The maximum Gasteiger partial charge on any atom is 0.407 e. The summed E-state index contributed by atoms with van der Waals surface area (Å²) in [6.07, 6.45) is -1.17. The lowest BCUT2D eigenvalue weighted by atomic mass is 9.98. The van der Waals surface area contributed by atoms with Gasteiger partial charge < -0.3 is 25.6 Å². The molecule has 4 rings (SSSR count). The van der Waals surface area contributed by atoms with Crippen LogP contribution in [0.1, 0.15) is 22.6 Å². The van der Waals surface area contributed by atoms with Crippen molar-refractivity contribution in [1.29, 1.82) is 0 Å². The van der Waals surface area contributed by atoms with Crippen molar-refractivity contribution in [3.05, 3.63) is 94.4 Å². The lowest BCUT2D eigenvalue weighted by Crippen LogP contribution is -2.43. The van der Waals surface area contributed by atoms with Crippen LogP contribution in [0.2, 0.25) is 0 Å². The third kappa shape index (κ3) is 4.64. The van der Waals surface area contributed by atoms with Gasteiger partial charge in [-0.15, -0.1) is 0 Å². The molecule has 0 fully saturated rings. The summed E-state index contributed by atoms with van der Waals surface area (Å²) >= 11 is 0. The van der Waals surface area contributed by atoms with Crippen molar-refractivity contribution in [3.8, 4) is 11.1 Å². The molecule has 0 radical (unpaired) electrons. The Bertz CT molecular complexity index is 1150. The number of carboxylic acids is 1. The van der Waals surface area contributed by atoms with E-state index in [2.05, 4.69) is 5.32 Å². The van der Waals surface area contributed by atoms with Crippen LogP contribution in [0.25, 0.3) is 11.1 Å². The topological polar surface area (TPSA) is 122 Å². The molecule has 1 unspecified atom stereocenters. The van der Waals surface area contributed by atoms with Gasteiger partial charge in [-0.05, 0) is 39.9 Å². The molecule has 1 amide bonds. The SMILES string of the molecule is O=C(NC(Cc1ccc(F)c(N([O-])O)c1)C(=O)O)OCC1c2ccccc2-c2ccccc21. The van der Waals surface area contributed by atoms with Gasteiger partial charge in [0.05, 0.1) is 5.69 Å². The monoisotopic (exact) mass is 451 g/mol. The van der Waals surface area contributed by atoms with Gasteiger partial charge >= 0.3 is 12.1 Å². The molecule has 1 atom stereocenters. The molecule has 0 spiro atoms. The maximum absolute atomic E-state index is 13.6. The number of nitrogens with zero attached hydrogens (tertiary/aromatic N) is 1. The number of rotatable bonds is 7. The number of benzene rings is 3. The number of carbonyl (C=O) groups excluding carboxylic acids is 1. The first-order valence-electron chi connectivity index (χ1n) is 10.1. The summed E-state index contributed by atoms with van der Waals surface area (Å²) in [5.41, 5.74) is 3.74. The van der Waals surface area contributed by atoms with Crippen LogP contribution < -0.4 is 10.5 Å². The van der Waals surface area contributed by atoms with Gasteiger partial charge in [0.15, 0.2) is 0 Å². The summed E-state index contributed by atoms with van der Waals surface area (Å²) in [5.74, 6) is -2.48. The highest BCUT2D eigenvalue weighted by molar-refractivity contribution is 5.81. The number of carbonyl (C=O) groups is 2. The lowest BCUT2D eigenvalue weighted by molar-refractivity contribution is -0.139. The van der Waals surface area contributed by atoms with Crippen LogP contribution in [-0.4, -0.2) is 35.0 Å². The summed E-state index contributed by atoms with van der Waals surface area (Å²) in [6.45, 7) is 0.0164. The molecule has 1 aliphatic carbocycles. The Morgan fingerprint density at radius 2 is 1.67 bits per heavy atom. The van der Waals surface area contributed by atoms with E-state index < -0.39 is 34.8 Å². The van der Waals surface area contributed by atoms with E-state index in [0.29, 0.717) is 0 Å². The second kappa shape index (κ2) is 9.27. The Morgan fingerprint density at radius 3 is 2.24 bits per heavy atom. The van der Waals surface area contributed by atoms with Crippen LogP contribution in [0.3, 0.4) is 0 Å². The zero-order valence-corrected chi connectivity index (χ0v) is 17.3. The van der Waals surface area contributed by atoms with Crippen LogP contribution in [0.4, 0.5) is 14.9 Å². The van der Waals surface area contributed by atoms with E-state index in [9.17, 15) is 24.3 Å². The van der Waals surface area contributed by atoms with Crippen molar-refractivity contribution in [2.75, 3.05) is 11.8 Å². The number of ether oxygens (including phenoxy) is 1. The normalized spacial score (nSPS) is 13.1. The molecule has 0 aromatic heterocycles. The molecule has 8 nitrogen and oxygen atoms in total. The second-order valence-corrected chi connectivity index (χ2v) is 7.62. The zero-order chi connectivity index (χ0) is 23.5. The molecular weight excluding hydrogens is 431 g/mol. The van der Waals surface area contributed by atoms with Crippen molar-refractivity contribution in [1.82, 2.24) is 5.32 Å². The highest BCUT2D eigenvalue weighted by Gasteiger charge is 2.29. The molecule has 3 N–H and O–H groups in total. The Kier molecular flexibility index (Phi) is 6.25. The largest absolute Gasteiger partial charge is 0.733 e. The highest BCUT2D eigenvalue weighted by atomic mass is 19.1. The molecule has 3 aromatic rings. The molecule has 1 aliphatic rings. The van der Waals surface area contributed by atoms with Crippen LogP contribution in [-0.2, 0) is 16.0 Å². The van der Waals surface area contributed by atoms with E-state index in [1.807, 2.05) is 48.5 Å². The van der Waals surface area contributed by atoms with Gasteiger partial charge in [-0.2, -0.15) is 0 Å². The molecule has 170 valence electrons. The summed E-state index contributed by atoms with van der Waals surface area (Å²) in [4.78, 5) is 24.1. The van der Waals surface area contributed by atoms with Gasteiger partial charge in [0, 0.05) is 12.3 Å². The third-order valence-corrected chi connectivity index (χ3v) is 5.59. The average molecular weight is 451 g/mol. The highest BCUT2D eigenvalue weighted by Crippen LogP contribution is 2.44. The minimum Gasteiger partial charge on any atom is -0.733 e. The molecule has 33 heavy (non-hydrogen) atoms. The Labute approximate surface area is 188 Å². The Morgan fingerprint density at radius 1 is 1.06 bits per heavy atom. The first-order valence-corrected chi connectivity index (χ1v) is 10.1. The van der Waals surface area contributed by atoms with Crippen LogP contribution in [0.15, 0.2) is 66.7 Å². The van der Waals surface area contributed by atoms with Gasteiger partial charge in [-0.25, -0.2) is 14.0 Å². The predicted octanol–water partition coefficient (Wildman–Crippen LogP) is 4.05. The van der Waals surface area contributed by atoms with Gasteiger partial charge in [0.2, 0.25) is 0 Å². The standard InChI is InChI=1S/C24H20FN2O6/c25-20-10-9-14(12-22(20)27(31)32)11-21(23(28)29)26-24(30)33-13-19-17-7-3-1-5-15(17)16-6-2-4-8-18(16)19/h1-10,12,19,21,31H,11,13H2,(H,26,30)(H,28,29)/q-1. The molecular formula is C24H20FN2O6-. The zero-order valence-electron chi connectivity index (χ0n) is 17.3. The first kappa shape index (κ1) is 22.3. The number of nitrogens with one attached hydrogen (secondary N) is 1. The van der Waals surface area contributed by atoms with Crippen LogP contribution in [0.5, 0.6) is 0 Å². The van der Waals surface area contributed by atoms with Crippen molar-refractivity contribution < 1.29 is 29.0 Å². The van der Waals surface area contributed by atoms with Gasteiger partial charge in [0.1, 0.15) is 18.5 Å². The minimum absolute atomic E-state index is 0.0164. The predicted molar refractivity (Wildman–Crippen MR) is 117 cm³/mol. The number of fused-ring (bicyclic) bond motifs is 3. The lowest BCUT2D eigenvalue weighted by Gasteiger charge is -2.23. The molecule has 0 saturated carbocycles. The fourth-order valence-corrected chi connectivity index (χ4v) is 4.05. The third-order valence-electron chi connectivity index (χ3n) is 5.59. The Balaban J connectivity index is 1.43. The van der Waals surface area contributed by atoms with E-state index in [1.54, 1.807) is 0 Å². The average Bonchev–Trinajstić information content (AvgIpc) is 3.12. The first-order chi connectivity index (χ1) is 15.8. The Hall–Kier alpha value is -3.95. The van der Waals surface area contributed by atoms with Gasteiger partial charge in [-0.3, -0.25) is 5.21 Å². The van der Waals surface area contributed by atoms with Crippen molar-refractivity contribution >= 4 is 17.7 Å². The van der Waals surface area contributed by atoms with Gasteiger partial charge in [-0.1, -0.05) is 54.6 Å². The maximum atomic E-state index is 13.6. The van der Waals surface area contributed by atoms with E-state index >= 15 is 0 Å². The molecule has 0 bridgehead atoms. The number of hydrogen-bond donors (Lipinski definition) is 3. The summed E-state index contributed by atoms with van der Waals surface area (Å²) in [6, 6.07) is 17.4. The number of halogens is 1. The van der Waals surface area contributed by atoms with E-state index in [4.69, 9.17) is 9.94 Å². The minimum atomic E-state index is -1.39. The number of anilines is 1. The smallest absolute Gasteiger partial charge is 0.407 e. The molecule has 9 heteroatoms. The summed E-state index contributed by atoms with van der Waals surface area (Å²) < 4.78 is 18.9. The fourth-order valence-electron chi connectivity index (χ4n) is 4.05. The number of alkyl carbamates (subject to hydrolysis) is 1. The van der Waals surface area contributed by atoms with Crippen LogP contribution >= 0.6 is 0 Å². The molecule has 0 aliphatic heterocycles. The van der Waals surface area contributed by atoms with Crippen LogP contribution in [0, 0.1) is 11.0 Å². The second-order valence-electron chi connectivity index (χ2n) is 7.62. The van der Waals surface area contributed by atoms with E-state index in [1.165, 1.54) is 6.07 Å². The quantitative estimate of drug-likeness (QED) is 0.463. The number of hydrogen-bond acceptors (Lipinski definition) is 6. The summed E-state index contributed by atoms with van der Waals surface area (Å²) in [5, 5.41) is 31.1. The number of amides is 1. The van der Waals surface area contributed by atoms with E-state index in [0.717, 1.165) is 34.4 Å². The summed E-state index contributed by atoms with van der Waals surface area (Å²) in [7, 11) is 0. The van der Waals surface area contributed by atoms with Crippen molar-refractivity contribution in [2.24, 2.45) is 0 Å². The van der Waals surface area contributed by atoms with Crippen molar-refractivity contribution in [2.45, 2.75) is 18.4 Å². The van der Waals surface area contributed by atoms with Crippen molar-refractivity contribution in [3.63, 3.8) is 0 Å². The van der Waals surface area contributed by atoms with E-state index in [-0.39, 0.29) is 24.5 Å². The molecule has 0 saturated heterocycles. The molecule has 3 aromatic carbocycles. The van der Waals surface area contributed by atoms with Gasteiger partial charge in [0.25, 0.3) is 0 Å². The fraction of sp³-hybridized carbons (Fsp3) is 0.167. The number of carboxylic acid groups (broad SMARTS) is 1. The molecule has 0 heterocycles. The number of aliphatic carboxylic acids is 1.